The van der Waals surface area contributed by atoms with Crippen LogP contribution in [0.15, 0.2) is 24.3 Å². The highest BCUT2D eigenvalue weighted by Gasteiger charge is 2.27. The molecule has 0 atom stereocenters. The maximum Gasteiger partial charge on any atom is 0.340 e. The summed E-state index contributed by atoms with van der Waals surface area (Å²) in [5.74, 6) is -2.79. The number of benzene rings is 1. The molecule has 0 spiro atoms. The molecule has 2 rings (SSSR count). The van der Waals surface area contributed by atoms with Gasteiger partial charge in [0.15, 0.2) is 5.75 Å². The Hall–Kier alpha value is -3.09. The van der Waals surface area contributed by atoms with Gasteiger partial charge in [0.2, 0.25) is 0 Å². The number of hydrogen-bond acceptors (Lipinski definition) is 5. The van der Waals surface area contributed by atoms with Crippen molar-refractivity contribution in [3.05, 3.63) is 52.3 Å². The smallest absolute Gasteiger partial charge is 0.340 e. The van der Waals surface area contributed by atoms with Gasteiger partial charge in [-0.25, -0.2) is 9.59 Å². The van der Waals surface area contributed by atoms with Gasteiger partial charge in [-0.3, -0.25) is 4.98 Å². The predicted octanol–water partition coefficient (Wildman–Crippen LogP) is 2.54. The van der Waals surface area contributed by atoms with Gasteiger partial charge in [-0.15, -0.1) is 0 Å². The van der Waals surface area contributed by atoms with Crippen LogP contribution in [0.5, 0.6) is 11.5 Å². The minimum Gasteiger partial charge on any atom is -0.505 e. The van der Waals surface area contributed by atoms with Crippen molar-refractivity contribution in [2.45, 2.75) is 26.2 Å². The van der Waals surface area contributed by atoms with Gasteiger partial charge < -0.3 is 20.1 Å². The Morgan fingerprint density at radius 1 is 1.00 bits per heavy atom. The van der Waals surface area contributed by atoms with E-state index >= 15 is 0 Å². The number of hydrogen-bond donors (Lipinski definition) is 3. The number of carboxylic acid groups (broad SMARTS) is 2. The molecule has 0 bridgehead atoms. The average Bonchev–Trinajstić information content (AvgIpc) is 2.60. The molecular formula is C18H19NO6. The number of pyridine rings is 1. The van der Waals surface area contributed by atoms with Crippen LogP contribution >= 0.6 is 0 Å². The lowest BCUT2D eigenvalue weighted by Gasteiger charge is -2.13. The van der Waals surface area contributed by atoms with Gasteiger partial charge in [-0.1, -0.05) is 19.1 Å². The van der Waals surface area contributed by atoms with E-state index in [1.54, 1.807) is 26.2 Å². The number of carbonyl (C=O) groups is 2. The molecule has 0 aliphatic rings. The van der Waals surface area contributed by atoms with Crippen molar-refractivity contribution in [2.75, 3.05) is 7.11 Å². The summed E-state index contributed by atoms with van der Waals surface area (Å²) < 4.78 is 5.08. The molecule has 0 saturated heterocycles. The second-order valence-corrected chi connectivity index (χ2v) is 5.42. The van der Waals surface area contributed by atoms with Crippen LogP contribution in [0.25, 0.3) is 0 Å². The second kappa shape index (κ2) is 7.65. The first kappa shape index (κ1) is 18.3. The number of ether oxygens (including phenoxy) is 1. The highest BCUT2D eigenvalue weighted by atomic mass is 16.5. The van der Waals surface area contributed by atoms with E-state index in [1.807, 2.05) is 12.1 Å². The van der Waals surface area contributed by atoms with Crippen molar-refractivity contribution in [1.29, 1.82) is 0 Å². The van der Waals surface area contributed by atoms with Crippen LogP contribution in [0, 0.1) is 0 Å². The summed E-state index contributed by atoms with van der Waals surface area (Å²) in [6, 6.07) is 7.27. The largest absolute Gasteiger partial charge is 0.505 e. The van der Waals surface area contributed by atoms with Crippen molar-refractivity contribution in [1.82, 2.24) is 4.98 Å². The van der Waals surface area contributed by atoms with Crippen LogP contribution in [-0.4, -0.2) is 39.4 Å². The predicted molar refractivity (Wildman–Crippen MR) is 89.6 cm³/mol. The van der Waals surface area contributed by atoms with Crippen LogP contribution < -0.4 is 4.74 Å². The highest BCUT2D eigenvalue weighted by molar-refractivity contribution is 6.04. The molecule has 1 heterocycles. The van der Waals surface area contributed by atoms with Crippen LogP contribution in [0.3, 0.4) is 0 Å². The molecular weight excluding hydrogens is 326 g/mol. The van der Waals surface area contributed by atoms with Crippen LogP contribution in [0.4, 0.5) is 0 Å². The molecule has 2 aromatic rings. The molecule has 0 fully saturated rings. The third kappa shape index (κ3) is 3.88. The maximum absolute atomic E-state index is 11.6. The van der Waals surface area contributed by atoms with Crippen molar-refractivity contribution in [3.63, 3.8) is 0 Å². The Labute approximate surface area is 144 Å². The fourth-order valence-corrected chi connectivity index (χ4v) is 2.60. The van der Waals surface area contributed by atoms with E-state index in [-0.39, 0.29) is 17.8 Å². The summed E-state index contributed by atoms with van der Waals surface area (Å²) in [5, 5.41) is 28.8. The summed E-state index contributed by atoms with van der Waals surface area (Å²) >= 11 is 0. The first-order valence-corrected chi connectivity index (χ1v) is 7.73. The minimum atomic E-state index is -1.49. The molecule has 1 aromatic heterocycles. The van der Waals surface area contributed by atoms with Gasteiger partial charge in [0.05, 0.1) is 24.1 Å². The molecule has 7 nitrogen and oxygen atoms in total. The number of rotatable bonds is 7. The normalized spacial score (nSPS) is 10.5. The SMILES string of the molecule is CCc1nc(CCc2ccc(OC)cc2)c(C(=O)O)c(C(=O)O)c1O. The van der Waals surface area contributed by atoms with E-state index in [1.165, 1.54) is 0 Å². The lowest BCUT2D eigenvalue weighted by Crippen LogP contribution is -2.16. The number of aromatic hydroxyl groups is 1. The number of aromatic carboxylic acids is 2. The summed E-state index contributed by atoms with van der Waals surface area (Å²) in [5.41, 5.74) is 0.184. The molecule has 0 radical (unpaired) electrons. The number of aromatic nitrogens is 1. The van der Waals surface area contributed by atoms with Crippen LogP contribution in [0.1, 0.15) is 44.6 Å². The molecule has 3 N–H and O–H groups in total. The number of carboxylic acids is 2. The number of methoxy groups -OCH3 is 1. The van der Waals surface area contributed by atoms with Gasteiger partial charge in [0.25, 0.3) is 0 Å². The second-order valence-electron chi connectivity index (χ2n) is 5.42. The molecule has 25 heavy (non-hydrogen) atoms. The van der Waals surface area contributed by atoms with Gasteiger partial charge in [-0.05, 0) is 37.0 Å². The quantitative estimate of drug-likeness (QED) is 0.706. The van der Waals surface area contributed by atoms with Crippen molar-refractivity contribution in [3.8, 4) is 11.5 Å². The number of aryl methyl sites for hydroxylation is 3. The molecule has 0 saturated carbocycles. The van der Waals surface area contributed by atoms with E-state index in [0.717, 1.165) is 5.56 Å². The first-order valence-electron chi connectivity index (χ1n) is 7.73. The van der Waals surface area contributed by atoms with Crippen molar-refractivity contribution >= 4 is 11.9 Å². The van der Waals surface area contributed by atoms with Crippen molar-refractivity contribution < 1.29 is 29.6 Å². The van der Waals surface area contributed by atoms with Gasteiger partial charge in [-0.2, -0.15) is 0 Å². The van der Waals surface area contributed by atoms with E-state index in [4.69, 9.17) is 4.74 Å². The third-order valence-electron chi connectivity index (χ3n) is 3.89. The molecule has 0 aliphatic carbocycles. The average molecular weight is 345 g/mol. The summed E-state index contributed by atoms with van der Waals surface area (Å²) in [6.45, 7) is 1.71. The highest BCUT2D eigenvalue weighted by Crippen LogP contribution is 2.28. The van der Waals surface area contributed by atoms with Crippen molar-refractivity contribution in [2.24, 2.45) is 0 Å². The monoisotopic (exact) mass is 345 g/mol. The number of nitrogens with zero attached hydrogens (tertiary/aromatic N) is 1. The van der Waals surface area contributed by atoms with Crippen LogP contribution in [0.2, 0.25) is 0 Å². The molecule has 7 heteroatoms. The standard InChI is InChI=1S/C18H19NO6/c1-3-12-16(20)15(18(23)24)14(17(21)22)13(19-12)9-6-10-4-7-11(25-2)8-5-10/h4-5,7-8,20H,3,6,9H2,1-2H3,(H,21,22)(H,23,24). The molecule has 132 valence electrons. The zero-order valence-corrected chi connectivity index (χ0v) is 13.9. The summed E-state index contributed by atoms with van der Waals surface area (Å²) in [4.78, 5) is 27.2. The lowest BCUT2D eigenvalue weighted by atomic mass is 9.98. The van der Waals surface area contributed by atoms with E-state index in [0.29, 0.717) is 18.6 Å². The van der Waals surface area contributed by atoms with Gasteiger partial charge >= 0.3 is 11.9 Å². The first-order chi connectivity index (χ1) is 11.9. The topological polar surface area (TPSA) is 117 Å². The summed E-state index contributed by atoms with van der Waals surface area (Å²) in [7, 11) is 1.56. The molecule has 0 unspecified atom stereocenters. The Bertz CT molecular complexity index is 798. The van der Waals surface area contributed by atoms with Gasteiger partial charge in [0, 0.05) is 0 Å². The Morgan fingerprint density at radius 3 is 2.08 bits per heavy atom. The third-order valence-corrected chi connectivity index (χ3v) is 3.89. The maximum atomic E-state index is 11.6. The zero-order chi connectivity index (χ0) is 18.6. The Kier molecular flexibility index (Phi) is 5.59. The lowest BCUT2D eigenvalue weighted by molar-refractivity contribution is 0.0646. The Morgan fingerprint density at radius 2 is 1.60 bits per heavy atom. The summed E-state index contributed by atoms with van der Waals surface area (Å²) in [6.07, 6.45) is 1.01. The molecule has 1 aromatic carbocycles. The fourth-order valence-electron chi connectivity index (χ4n) is 2.60. The minimum absolute atomic E-state index is 0.148. The molecule has 0 amide bonds. The Balaban J connectivity index is 2.42. The van der Waals surface area contributed by atoms with E-state index in [9.17, 15) is 24.9 Å². The van der Waals surface area contributed by atoms with E-state index < -0.39 is 28.8 Å². The fraction of sp³-hybridized carbons (Fsp3) is 0.278. The van der Waals surface area contributed by atoms with Crippen LogP contribution in [-0.2, 0) is 19.3 Å². The van der Waals surface area contributed by atoms with E-state index in [2.05, 4.69) is 4.98 Å². The molecule has 0 aliphatic heterocycles. The zero-order valence-electron chi connectivity index (χ0n) is 13.9. The van der Waals surface area contributed by atoms with Gasteiger partial charge in [0.1, 0.15) is 11.3 Å².